The fourth-order valence-electron chi connectivity index (χ4n) is 3.93. The van der Waals surface area contributed by atoms with Gasteiger partial charge in [0.05, 0.1) is 24.9 Å². The first-order valence-corrected chi connectivity index (χ1v) is 11.9. The van der Waals surface area contributed by atoms with Crippen molar-refractivity contribution in [2.45, 2.75) is 60.0 Å². The van der Waals surface area contributed by atoms with Gasteiger partial charge in [0.25, 0.3) is 0 Å². The largest absolute Gasteiger partial charge is 0.416 e. The number of fused-ring (bicyclic) bond motifs is 2. The number of aliphatic hydroxyl groups excluding tert-OH is 3. The minimum Gasteiger partial charge on any atom is -0.395 e. The second-order valence-electron chi connectivity index (χ2n) is 7.73. The number of alkyl halides is 3. The zero-order chi connectivity index (χ0) is 22.8. The van der Waals surface area contributed by atoms with E-state index in [1.165, 1.54) is 17.8 Å². The molecular weight excluding hydrogens is 449 g/mol. The standard InChI is InChI=1S/C22H27F3O4S2/c1-3-13(5-6-15(4-2)22(23,24)25)7-16-8-18-14(12-30-16)11-29-21(18)20(28)19(27)9-17(10-26)31-21/h4-6,8,12,16-17,19-20,26-28H,2-3,7,9-11H2,1H3/b13-5+,15-6+/t16?,17?,19?,20-,21+/m1/s1. The van der Waals surface area contributed by atoms with E-state index in [0.29, 0.717) is 19.4 Å². The molecule has 0 aromatic rings. The fourth-order valence-corrected chi connectivity index (χ4v) is 6.60. The van der Waals surface area contributed by atoms with Crippen molar-refractivity contribution >= 4 is 23.5 Å². The molecule has 172 valence electrons. The maximum absolute atomic E-state index is 12.9. The summed E-state index contributed by atoms with van der Waals surface area (Å²) in [6.45, 7) is 5.30. The molecule has 3 N–H and O–H groups in total. The van der Waals surface area contributed by atoms with Crippen LogP contribution in [0.4, 0.5) is 13.2 Å². The van der Waals surface area contributed by atoms with Crippen LogP contribution in [0.25, 0.3) is 0 Å². The van der Waals surface area contributed by atoms with Gasteiger partial charge in [0.15, 0.2) is 4.93 Å². The maximum atomic E-state index is 12.9. The fraction of sp³-hybridized carbons (Fsp3) is 0.545. The van der Waals surface area contributed by atoms with E-state index in [1.807, 2.05) is 18.4 Å². The van der Waals surface area contributed by atoms with Crippen LogP contribution in [0.5, 0.6) is 0 Å². The van der Waals surface area contributed by atoms with Crippen LogP contribution in [0, 0.1) is 0 Å². The quantitative estimate of drug-likeness (QED) is 0.498. The van der Waals surface area contributed by atoms with Gasteiger partial charge < -0.3 is 20.1 Å². The lowest BCUT2D eigenvalue weighted by atomic mass is 9.92. The van der Waals surface area contributed by atoms with E-state index in [-0.39, 0.29) is 23.5 Å². The van der Waals surface area contributed by atoms with Crippen molar-refractivity contribution in [3.8, 4) is 0 Å². The minimum absolute atomic E-state index is 0.0468. The topological polar surface area (TPSA) is 69.9 Å². The normalized spacial score (nSPS) is 34.4. The predicted molar refractivity (Wildman–Crippen MR) is 119 cm³/mol. The molecule has 5 atom stereocenters. The molecule has 9 heteroatoms. The first-order chi connectivity index (χ1) is 14.6. The molecule has 31 heavy (non-hydrogen) atoms. The summed E-state index contributed by atoms with van der Waals surface area (Å²) in [7, 11) is 0. The molecule has 3 aliphatic heterocycles. The Balaban J connectivity index is 1.84. The highest BCUT2D eigenvalue weighted by Crippen LogP contribution is 2.54. The Morgan fingerprint density at radius 3 is 2.71 bits per heavy atom. The van der Waals surface area contributed by atoms with Gasteiger partial charge in [-0.2, -0.15) is 13.2 Å². The molecule has 0 radical (unpaired) electrons. The Hall–Kier alpha value is -0.970. The molecule has 3 unspecified atom stereocenters. The van der Waals surface area contributed by atoms with Gasteiger partial charge in [0.2, 0.25) is 0 Å². The summed E-state index contributed by atoms with van der Waals surface area (Å²) in [5.41, 5.74) is 1.78. The zero-order valence-electron chi connectivity index (χ0n) is 17.1. The number of hydrogen-bond donors (Lipinski definition) is 3. The Bertz CT molecular complexity index is 818. The van der Waals surface area contributed by atoms with Crippen molar-refractivity contribution in [2.24, 2.45) is 0 Å². The molecule has 3 rings (SSSR count). The molecule has 0 aliphatic carbocycles. The summed E-state index contributed by atoms with van der Waals surface area (Å²) >= 11 is 2.88. The van der Waals surface area contributed by atoms with Crippen molar-refractivity contribution in [1.82, 2.24) is 0 Å². The van der Waals surface area contributed by atoms with Gasteiger partial charge in [-0.05, 0) is 35.8 Å². The second-order valence-corrected chi connectivity index (χ2v) is 10.4. The number of rotatable bonds is 6. The van der Waals surface area contributed by atoms with Crippen molar-refractivity contribution in [3.05, 3.63) is 58.6 Å². The summed E-state index contributed by atoms with van der Waals surface area (Å²) in [5, 5.41) is 32.4. The van der Waals surface area contributed by atoms with Gasteiger partial charge in [0.1, 0.15) is 6.10 Å². The van der Waals surface area contributed by atoms with Gasteiger partial charge in [-0.25, -0.2) is 0 Å². The van der Waals surface area contributed by atoms with Crippen LogP contribution in [-0.2, 0) is 4.74 Å². The van der Waals surface area contributed by atoms with Crippen LogP contribution in [0.3, 0.4) is 0 Å². The van der Waals surface area contributed by atoms with Crippen LogP contribution in [0.2, 0.25) is 0 Å². The third-order valence-electron chi connectivity index (χ3n) is 5.67. The molecule has 1 spiro atoms. The molecular formula is C22H27F3O4S2. The molecule has 0 aromatic carbocycles. The minimum atomic E-state index is -4.44. The average molecular weight is 477 g/mol. The second kappa shape index (κ2) is 9.89. The molecule has 3 aliphatic rings. The van der Waals surface area contributed by atoms with Crippen LogP contribution in [0.15, 0.2) is 58.6 Å². The van der Waals surface area contributed by atoms with E-state index in [2.05, 4.69) is 6.58 Å². The van der Waals surface area contributed by atoms with Gasteiger partial charge in [0, 0.05) is 10.5 Å². The lowest BCUT2D eigenvalue weighted by Gasteiger charge is -2.44. The van der Waals surface area contributed by atoms with E-state index >= 15 is 0 Å². The molecule has 0 bridgehead atoms. The van der Waals surface area contributed by atoms with Crippen molar-refractivity contribution in [3.63, 3.8) is 0 Å². The predicted octanol–water partition coefficient (Wildman–Crippen LogP) is 4.26. The van der Waals surface area contributed by atoms with Crippen LogP contribution >= 0.6 is 23.5 Å². The summed E-state index contributed by atoms with van der Waals surface area (Å²) in [6, 6.07) is 0. The van der Waals surface area contributed by atoms with E-state index in [9.17, 15) is 28.5 Å². The average Bonchev–Trinajstić information content (AvgIpc) is 3.08. The molecule has 4 nitrogen and oxygen atoms in total. The van der Waals surface area contributed by atoms with Crippen molar-refractivity contribution in [1.29, 1.82) is 0 Å². The number of hydrogen-bond acceptors (Lipinski definition) is 6. The lowest BCUT2D eigenvalue weighted by molar-refractivity contribution is -0.0881. The summed E-state index contributed by atoms with van der Waals surface area (Å²) in [6.07, 6.45) is 0.170. The van der Waals surface area contributed by atoms with Gasteiger partial charge in [-0.1, -0.05) is 43.4 Å². The number of allylic oxidation sites excluding steroid dienone is 5. The number of thioether (sulfide) groups is 2. The lowest BCUT2D eigenvalue weighted by Crippen LogP contribution is -2.53. The van der Waals surface area contributed by atoms with E-state index < -0.39 is 28.9 Å². The van der Waals surface area contributed by atoms with Crippen LogP contribution in [-0.4, -0.2) is 62.4 Å². The van der Waals surface area contributed by atoms with E-state index in [4.69, 9.17) is 4.74 Å². The Labute approximate surface area is 188 Å². The number of ether oxygens (including phenoxy) is 1. The number of aliphatic hydroxyl groups is 3. The monoisotopic (exact) mass is 476 g/mol. The van der Waals surface area contributed by atoms with E-state index in [0.717, 1.165) is 28.9 Å². The van der Waals surface area contributed by atoms with Crippen LogP contribution < -0.4 is 0 Å². The highest BCUT2D eigenvalue weighted by atomic mass is 32.2. The van der Waals surface area contributed by atoms with Crippen LogP contribution in [0.1, 0.15) is 26.2 Å². The summed E-state index contributed by atoms with van der Waals surface area (Å²) in [4.78, 5) is -1.14. The molecule has 0 saturated carbocycles. The third-order valence-corrected chi connectivity index (χ3v) is 8.35. The molecule has 0 aromatic heterocycles. The molecule has 0 amide bonds. The SMILES string of the molecule is C=C/C(=C\C=C(/CC)CC1C=C2C(=CS1)CO[C@]21SC(CO)CC(O)[C@H]1O)C(F)(F)F. The number of halogens is 3. The third kappa shape index (κ3) is 5.17. The van der Waals surface area contributed by atoms with Crippen molar-refractivity contribution < 1.29 is 33.2 Å². The van der Waals surface area contributed by atoms with Gasteiger partial charge in [-0.3, -0.25) is 0 Å². The first-order valence-electron chi connectivity index (χ1n) is 10.1. The van der Waals surface area contributed by atoms with Crippen molar-refractivity contribution in [2.75, 3.05) is 13.2 Å². The zero-order valence-corrected chi connectivity index (χ0v) is 18.8. The highest BCUT2D eigenvalue weighted by Gasteiger charge is 2.56. The summed E-state index contributed by atoms with van der Waals surface area (Å²) < 4.78 is 44.8. The molecule has 2 saturated heterocycles. The van der Waals surface area contributed by atoms with Gasteiger partial charge in [-0.15, -0.1) is 23.5 Å². The Kier molecular flexibility index (Phi) is 7.87. The highest BCUT2D eigenvalue weighted by molar-refractivity contribution is 8.03. The maximum Gasteiger partial charge on any atom is 0.416 e. The van der Waals surface area contributed by atoms with Gasteiger partial charge >= 0.3 is 6.18 Å². The molecule has 3 heterocycles. The van der Waals surface area contributed by atoms with E-state index in [1.54, 1.807) is 11.8 Å². The Morgan fingerprint density at radius 2 is 2.10 bits per heavy atom. The Morgan fingerprint density at radius 1 is 1.35 bits per heavy atom. The smallest absolute Gasteiger partial charge is 0.395 e. The first kappa shape index (κ1) is 24.7. The summed E-state index contributed by atoms with van der Waals surface area (Å²) in [5.74, 6) is 0. The molecule has 2 fully saturated rings.